The molecule has 0 spiro atoms. The number of hydrogen-bond acceptors (Lipinski definition) is 2. The minimum Gasteiger partial charge on any atom is -0.368 e. The minimum absolute atomic E-state index is 0.885. The molecule has 0 fully saturated rings. The molecule has 17 heavy (non-hydrogen) atoms. The van der Waals surface area contributed by atoms with E-state index in [1.165, 1.54) is 16.7 Å². The highest BCUT2D eigenvalue weighted by Gasteiger charge is 2.07. The molecule has 1 heterocycles. The Labute approximate surface area is 101 Å². The van der Waals surface area contributed by atoms with Gasteiger partial charge in [0, 0.05) is 12.1 Å². The van der Waals surface area contributed by atoms with Crippen LogP contribution in [-0.4, -0.2) is 18.9 Å². The third-order valence-corrected chi connectivity index (χ3v) is 2.94. The second-order valence-corrected chi connectivity index (χ2v) is 4.10. The van der Waals surface area contributed by atoms with Crippen molar-refractivity contribution in [1.29, 1.82) is 0 Å². The van der Waals surface area contributed by atoms with Crippen LogP contribution < -0.4 is 5.32 Å². The van der Waals surface area contributed by atoms with E-state index < -0.39 is 0 Å². The van der Waals surface area contributed by atoms with Crippen LogP contribution >= 0.6 is 0 Å². The summed E-state index contributed by atoms with van der Waals surface area (Å²) in [5.74, 6) is 1.02. The molecule has 84 valence electrons. The quantitative estimate of drug-likeness (QED) is 0.830. The second-order valence-electron chi connectivity index (χ2n) is 4.10. The van der Waals surface area contributed by atoms with Gasteiger partial charge in [-0.2, -0.15) is 0 Å². The first kappa shape index (κ1) is 10.1. The van der Waals surface area contributed by atoms with Crippen LogP contribution in [0.2, 0.25) is 0 Å². The lowest BCUT2D eigenvalue weighted by molar-refractivity contribution is 0.960. The Kier molecular flexibility index (Phi) is 2.62. The zero-order valence-corrected chi connectivity index (χ0v) is 9.56. The molecule has 0 amide bonds. The number of rotatable bonds is 2. The average molecular weight is 222 g/mol. The van der Waals surface area contributed by atoms with E-state index in [0.717, 1.165) is 18.9 Å². The van der Waals surface area contributed by atoms with Crippen molar-refractivity contribution in [2.75, 3.05) is 13.1 Å². The summed E-state index contributed by atoms with van der Waals surface area (Å²) < 4.78 is 0. The third kappa shape index (κ3) is 2.07. The van der Waals surface area contributed by atoms with Crippen molar-refractivity contribution in [3.05, 3.63) is 60.2 Å². The number of benzene rings is 2. The summed E-state index contributed by atoms with van der Waals surface area (Å²) in [5, 5.41) is 3.28. The van der Waals surface area contributed by atoms with Gasteiger partial charge < -0.3 is 5.32 Å². The van der Waals surface area contributed by atoms with Crippen LogP contribution in [0.5, 0.6) is 0 Å². The van der Waals surface area contributed by atoms with Crippen LogP contribution in [0, 0.1) is 0 Å². The van der Waals surface area contributed by atoms with Crippen molar-refractivity contribution < 1.29 is 0 Å². The lowest BCUT2D eigenvalue weighted by atomic mass is 10.0. The van der Waals surface area contributed by atoms with Gasteiger partial charge >= 0.3 is 0 Å². The van der Waals surface area contributed by atoms with Gasteiger partial charge in [-0.1, -0.05) is 54.6 Å². The van der Waals surface area contributed by atoms with E-state index in [1.807, 2.05) is 6.07 Å². The maximum Gasteiger partial charge on any atom is 0.128 e. The molecule has 1 aliphatic rings. The predicted molar refractivity (Wildman–Crippen MR) is 71.3 cm³/mol. The lowest BCUT2D eigenvalue weighted by Gasteiger charge is -2.05. The molecule has 0 bridgehead atoms. The van der Waals surface area contributed by atoms with Crippen molar-refractivity contribution >= 4 is 5.84 Å². The second kappa shape index (κ2) is 4.42. The van der Waals surface area contributed by atoms with Gasteiger partial charge in [0.05, 0.1) is 6.54 Å². The Morgan fingerprint density at radius 1 is 0.765 bits per heavy atom. The van der Waals surface area contributed by atoms with E-state index in [1.54, 1.807) is 0 Å². The van der Waals surface area contributed by atoms with E-state index in [0.29, 0.717) is 0 Å². The van der Waals surface area contributed by atoms with Gasteiger partial charge in [0.1, 0.15) is 5.84 Å². The molecule has 3 rings (SSSR count). The zero-order chi connectivity index (χ0) is 11.5. The van der Waals surface area contributed by atoms with Crippen LogP contribution in [0.1, 0.15) is 5.56 Å². The van der Waals surface area contributed by atoms with Crippen molar-refractivity contribution in [2.45, 2.75) is 0 Å². The Balaban J connectivity index is 1.90. The fourth-order valence-electron chi connectivity index (χ4n) is 2.04. The molecule has 2 nitrogen and oxygen atoms in total. The SMILES string of the molecule is c1ccc(-c2ccc(C3=NCCN3)cc2)cc1. The maximum atomic E-state index is 4.41. The van der Waals surface area contributed by atoms with Gasteiger partial charge in [0.25, 0.3) is 0 Å². The molecule has 0 aromatic heterocycles. The van der Waals surface area contributed by atoms with Gasteiger partial charge in [-0.25, -0.2) is 0 Å². The van der Waals surface area contributed by atoms with Gasteiger partial charge in [-0.05, 0) is 11.1 Å². The molecule has 0 unspecified atom stereocenters. The summed E-state index contributed by atoms with van der Waals surface area (Å²) in [6.07, 6.45) is 0. The summed E-state index contributed by atoms with van der Waals surface area (Å²) in [4.78, 5) is 4.41. The van der Waals surface area contributed by atoms with E-state index in [4.69, 9.17) is 0 Å². The van der Waals surface area contributed by atoms with Crippen molar-refractivity contribution in [3.8, 4) is 11.1 Å². The first-order valence-corrected chi connectivity index (χ1v) is 5.88. The number of nitrogens with one attached hydrogen (secondary N) is 1. The van der Waals surface area contributed by atoms with Crippen LogP contribution in [0.3, 0.4) is 0 Å². The smallest absolute Gasteiger partial charge is 0.128 e. The molecule has 0 aliphatic carbocycles. The van der Waals surface area contributed by atoms with Crippen LogP contribution in [-0.2, 0) is 0 Å². The zero-order valence-electron chi connectivity index (χ0n) is 9.56. The van der Waals surface area contributed by atoms with Gasteiger partial charge in [0.15, 0.2) is 0 Å². The third-order valence-electron chi connectivity index (χ3n) is 2.94. The molecule has 2 aromatic rings. The Morgan fingerprint density at radius 3 is 2.06 bits per heavy atom. The molecule has 0 saturated carbocycles. The molecule has 1 N–H and O–H groups in total. The topological polar surface area (TPSA) is 24.4 Å². The number of hydrogen-bond donors (Lipinski definition) is 1. The number of nitrogens with zero attached hydrogens (tertiary/aromatic N) is 1. The Bertz CT molecular complexity index is 527. The van der Waals surface area contributed by atoms with Crippen LogP contribution in [0.25, 0.3) is 11.1 Å². The average Bonchev–Trinajstić information content (AvgIpc) is 2.94. The molecule has 0 radical (unpaired) electrons. The largest absolute Gasteiger partial charge is 0.368 e. The number of amidine groups is 1. The van der Waals surface area contributed by atoms with Crippen molar-refractivity contribution in [2.24, 2.45) is 4.99 Å². The molecule has 0 atom stereocenters. The van der Waals surface area contributed by atoms with E-state index in [-0.39, 0.29) is 0 Å². The first-order valence-electron chi connectivity index (χ1n) is 5.88. The maximum absolute atomic E-state index is 4.41. The first-order chi connectivity index (χ1) is 8.43. The van der Waals surface area contributed by atoms with Gasteiger partial charge in [-0.15, -0.1) is 0 Å². The molecular formula is C15H14N2. The molecule has 1 aliphatic heterocycles. The predicted octanol–water partition coefficient (Wildman–Crippen LogP) is 2.70. The normalized spacial score (nSPS) is 14.2. The summed E-state index contributed by atoms with van der Waals surface area (Å²) in [6.45, 7) is 1.84. The fourth-order valence-corrected chi connectivity index (χ4v) is 2.04. The summed E-state index contributed by atoms with van der Waals surface area (Å²) in [6, 6.07) is 19.0. The van der Waals surface area contributed by atoms with Crippen LogP contribution in [0.4, 0.5) is 0 Å². The molecular weight excluding hydrogens is 208 g/mol. The Morgan fingerprint density at radius 2 is 1.41 bits per heavy atom. The fraction of sp³-hybridized carbons (Fsp3) is 0.133. The van der Waals surface area contributed by atoms with E-state index >= 15 is 0 Å². The summed E-state index contributed by atoms with van der Waals surface area (Å²) in [5.41, 5.74) is 3.66. The van der Waals surface area contributed by atoms with E-state index in [2.05, 4.69) is 58.8 Å². The van der Waals surface area contributed by atoms with Gasteiger partial charge in [0.2, 0.25) is 0 Å². The summed E-state index contributed by atoms with van der Waals surface area (Å²) in [7, 11) is 0. The molecule has 2 heteroatoms. The van der Waals surface area contributed by atoms with Crippen molar-refractivity contribution in [1.82, 2.24) is 5.32 Å². The highest BCUT2D eigenvalue weighted by Crippen LogP contribution is 2.19. The van der Waals surface area contributed by atoms with Crippen LogP contribution in [0.15, 0.2) is 59.6 Å². The summed E-state index contributed by atoms with van der Waals surface area (Å²) >= 11 is 0. The van der Waals surface area contributed by atoms with E-state index in [9.17, 15) is 0 Å². The molecule has 2 aromatic carbocycles. The molecule has 0 saturated heterocycles. The van der Waals surface area contributed by atoms with Crippen molar-refractivity contribution in [3.63, 3.8) is 0 Å². The van der Waals surface area contributed by atoms with Gasteiger partial charge in [-0.3, -0.25) is 4.99 Å². The lowest BCUT2D eigenvalue weighted by Crippen LogP contribution is -2.19. The monoisotopic (exact) mass is 222 g/mol. The minimum atomic E-state index is 0.885. The Hall–Kier alpha value is -2.09. The highest BCUT2D eigenvalue weighted by atomic mass is 15.1. The number of aliphatic imine (C=N–C) groups is 1. The highest BCUT2D eigenvalue weighted by molar-refractivity contribution is 6.00. The standard InChI is InChI=1S/C15H14N2/c1-2-4-12(5-3-1)13-6-8-14(9-7-13)15-16-10-11-17-15/h1-9H,10-11H2,(H,16,17).